The van der Waals surface area contributed by atoms with Gasteiger partial charge in [-0.05, 0) is 12.1 Å². The Morgan fingerprint density at radius 2 is 2.18 bits per heavy atom. The minimum Gasteiger partial charge on any atom is -0.495 e. The summed E-state index contributed by atoms with van der Waals surface area (Å²) >= 11 is 5.80. The van der Waals surface area contributed by atoms with E-state index in [9.17, 15) is 0 Å². The van der Waals surface area contributed by atoms with Gasteiger partial charge < -0.3 is 10.1 Å². The van der Waals surface area contributed by atoms with Crippen LogP contribution in [0.2, 0.25) is 5.02 Å². The van der Waals surface area contributed by atoms with Crippen molar-refractivity contribution in [1.82, 2.24) is 0 Å². The molecule has 1 N–H and O–H groups in total. The fraction of sp³-hybridized carbons (Fsp3) is 0.250. The number of anilines is 1. The maximum absolute atomic E-state index is 5.80. The molecule has 0 aliphatic carbocycles. The van der Waals surface area contributed by atoms with Crippen LogP contribution in [0.15, 0.2) is 18.2 Å². The van der Waals surface area contributed by atoms with Crippen molar-refractivity contribution in [2.75, 3.05) is 19.5 Å². The first-order valence-electron chi connectivity index (χ1n) is 3.29. The SMILES string of the molecule is CNc1ccc(Cl)c(OC)c1. The van der Waals surface area contributed by atoms with Gasteiger partial charge in [0.25, 0.3) is 0 Å². The van der Waals surface area contributed by atoms with Crippen LogP contribution in [0.1, 0.15) is 0 Å². The van der Waals surface area contributed by atoms with E-state index in [1.165, 1.54) is 0 Å². The summed E-state index contributed by atoms with van der Waals surface area (Å²) in [6, 6.07) is 5.54. The molecule has 0 fully saturated rings. The molecule has 0 radical (unpaired) electrons. The molecule has 11 heavy (non-hydrogen) atoms. The van der Waals surface area contributed by atoms with Gasteiger partial charge >= 0.3 is 0 Å². The molecule has 2 nitrogen and oxygen atoms in total. The van der Waals surface area contributed by atoms with E-state index in [1.807, 2.05) is 19.2 Å². The molecule has 0 aliphatic heterocycles. The lowest BCUT2D eigenvalue weighted by molar-refractivity contribution is 0.415. The standard InChI is InChI=1S/C8H10ClNO/c1-10-6-3-4-7(9)8(5-6)11-2/h3-5,10H,1-2H3. The van der Waals surface area contributed by atoms with Crippen molar-refractivity contribution >= 4 is 17.3 Å². The fourth-order valence-electron chi connectivity index (χ4n) is 0.815. The van der Waals surface area contributed by atoms with Crippen molar-refractivity contribution < 1.29 is 4.74 Å². The molecule has 1 rings (SSSR count). The summed E-state index contributed by atoms with van der Waals surface area (Å²) in [6.07, 6.45) is 0. The Bertz CT molecular complexity index is 250. The normalized spacial score (nSPS) is 9.36. The molecule has 60 valence electrons. The van der Waals surface area contributed by atoms with Gasteiger partial charge in [0.15, 0.2) is 0 Å². The number of ether oxygens (including phenoxy) is 1. The Morgan fingerprint density at radius 3 is 2.73 bits per heavy atom. The quantitative estimate of drug-likeness (QED) is 0.738. The lowest BCUT2D eigenvalue weighted by Crippen LogP contribution is -1.89. The first-order valence-corrected chi connectivity index (χ1v) is 3.67. The molecule has 0 bridgehead atoms. The second-order valence-electron chi connectivity index (χ2n) is 2.10. The molecule has 1 aromatic rings. The largest absolute Gasteiger partial charge is 0.495 e. The average Bonchev–Trinajstić information content (AvgIpc) is 2.05. The second kappa shape index (κ2) is 3.49. The molecule has 0 heterocycles. The number of halogens is 1. The van der Waals surface area contributed by atoms with Crippen molar-refractivity contribution in [2.24, 2.45) is 0 Å². The lowest BCUT2D eigenvalue weighted by atomic mass is 10.3. The van der Waals surface area contributed by atoms with E-state index in [0.717, 1.165) is 5.69 Å². The minimum absolute atomic E-state index is 0.631. The van der Waals surface area contributed by atoms with Gasteiger partial charge in [-0.2, -0.15) is 0 Å². The predicted molar refractivity (Wildman–Crippen MR) is 47.6 cm³/mol. The highest BCUT2D eigenvalue weighted by Crippen LogP contribution is 2.26. The summed E-state index contributed by atoms with van der Waals surface area (Å²) in [5.41, 5.74) is 0.992. The van der Waals surface area contributed by atoms with Crippen molar-refractivity contribution in [3.8, 4) is 5.75 Å². The van der Waals surface area contributed by atoms with Crippen molar-refractivity contribution in [3.05, 3.63) is 23.2 Å². The van der Waals surface area contributed by atoms with Gasteiger partial charge in [0.1, 0.15) is 5.75 Å². The second-order valence-corrected chi connectivity index (χ2v) is 2.51. The summed E-state index contributed by atoms with van der Waals surface area (Å²) in [5.74, 6) is 0.693. The highest BCUT2D eigenvalue weighted by Gasteiger charge is 1.99. The molecule has 0 atom stereocenters. The highest BCUT2D eigenvalue weighted by atomic mass is 35.5. The van der Waals surface area contributed by atoms with E-state index in [2.05, 4.69) is 5.32 Å². The highest BCUT2D eigenvalue weighted by molar-refractivity contribution is 6.32. The topological polar surface area (TPSA) is 21.3 Å². The Labute approximate surface area is 71.1 Å². The van der Waals surface area contributed by atoms with Crippen LogP contribution in [0.4, 0.5) is 5.69 Å². The Balaban J connectivity index is 3.02. The third-order valence-corrected chi connectivity index (χ3v) is 1.75. The molecule has 0 saturated heterocycles. The first-order chi connectivity index (χ1) is 5.27. The summed E-state index contributed by atoms with van der Waals surface area (Å²) in [6.45, 7) is 0. The van der Waals surface area contributed by atoms with Gasteiger partial charge in [-0.1, -0.05) is 11.6 Å². The van der Waals surface area contributed by atoms with E-state index in [1.54, 1.807) is 13.2 Å². The van der Waals surface area contributed by atoms with Crippen LogP contribution < -0.4 is 10.1 Å². The number of hydrogen-bond donors (Lipinski definition) is 1. The molecular formula is C8H10ClNO. The Morgan fingerprint density at radius 1 is 1.45 bits per heavy atom. The van der Waals surface area contributed by atoms with Gasteiger partial charge in [0.2, 0.25) is 0 Å². The zero-order chi connectivity index (χ0) is 8.27. The van der Waals surface area contributed by atoms with Crippen molar-refractivity contribution in [2.45, 2.75) is 0 Å². The molecule has 1 aromatic carbocycles. The van der Waals surface area contributed by atoms with Crippen LogP contribution in [-0.4, -0.2) is 14.2 Å². The van der Waals surface area contributed by atoms with Crippen molar-refractivity contribution in [3.63, 3.8) is 0 Å². The number of rotatable bonds is 2. The van der Waals surface area contributed by atoms with Gasteiger partial charge in [-0.25, -0.2) is 0 Å². The molecule has 0 unspecified atom stereocenters. The molecule has 3 heteroatoms. The number of hydrogen-bond acceptors (Lipinski definition) is 2. The summed E-state index contributed by atoms with van der Waals surface area (Å²) in [4.78, 5) is 0. The smallest absolute Gasteiger partial charge is 0.139 e. The maximum atomic E-state index is 5.80. The fourth-order valence-corrected chi connectivity index (χ4v) is 1.01. The van der Waals surface area contributed by atoms with E-state index in [0.29, 0.717) is 10.8 Å². The van der Waals surface area contributed by atoms with Crippen LogP contribution in [0.25, 0.3) is 0 Å². The van der Waals surface area contributed by atoms with Gasteiger partial charge in [-0.3, -0.25) is 0 Å². The molecule has 0 saturated carbocycles. The first kappa shape index (κ1) is 8.21. The minimum atomic E-state index is 0.631. The van der Waals surface area contributed by atoms with Gasteiger partial charge in [-0.15, -0.1) is 0 Å². The van der Waals surface area contributed by atoms with E-state index < -0.39 is 0 Å². The molecule has 0 spiro atoms. The zero-order valence-electron chi connectivity index (χ0n) is 6.52. The molecule has 0 amide bonds. The van der Waals surface area contributed by atoms with Crippen LogP contribution in [0.5, 0.6) is 5.75 Å². The monoisotopic (exact) mass is 171 g/mol. The van der Waals surface area contributed by atoms with Gasteiger partial charge in [0.05, 0.1) is 12.1 Å². The van der Waals surface area contributed by atoms with Crippen LogP contribution in [0.3, 0.4) is 0 Å². The zero-order valence-corrected chi connectivity index (χ0v) is 7.27. The summed E-state index contributed by atoms with van der Waals surface area (Å²) in [7, 11) is 3.45. The van der Waals surface area contributed by atoms with Crippen LogP contribution in [0, 0.1) is 0 Å². The number of nitrogens with one attached hydrogen (secondary N) is 1. The van der Waals surface area contributed by atoms with Gasteiger partial charge in [0, 0.05) is 18.8 Å². The van der Waals surface area contributed by atoms with Crippen molar-refractivity contribution in [1.29, 1.82) is 0 Å². The molecule has 0 aromatic heterocycles. The summed E-state index contributed by atoms with van der Waals surface area (Å²) in [5, 5.41) is 3.62. The Hall–Kier alpha value is -0.890. The predicted octanol–water partition coefficient (Wildman–Crippen LogP) is 2.39. The number of methoxy groups -OCH3 is 1. The lowest BCUT2D eigenvalue weighted by Gasteiger charge is -2.04. The third-order valence-electron chi connectivity index (χ3n) is 1.44. The molecule has 0 aliphatic rings. The van der Waals surface area contributed by atoms with Crippen LogP contribution >= 0.6 is 11.6 Å². The average molecular weight is 172 g/mol. The van der Waals surface area contributed by atoms with E-state index in [-0.39, 0.29) is 0 Å². The maximum Gasteiger partial charge on any atom is 0.139 e. The van der Waals surface area contributed by atoms with E-state index >= 15 is 0 Å². The third kappa shape index (κ3) is 1.77. The Kier molecular flexibility index (Phi) is 2.60. The molecular weight excluding hydrogens is 162 g/mol. The van der Waals surface area contributed by atoms with E-state index in [4.69, 9.17) is 16.3 Å². The number of benzene rings is 1. The van der Waals surface area contributed by atoms with Crippen LogP contribution in [-0.2, 0) is 0 Å². The summed E-state index contributed by atoms with van der Waals surface area (Å²) < 4.78 is 5.02.